The molecule has 0 bridgehead atoms. The van der Waals surface area contributed by atoms with Gasteiger partial charge in [0.15, 0.2) is 5.69 Å². The summed E-state index contributed by atoms with van der Waals surface area (Å²) in [5.74, 6) is 4.77. The molecule has 0 aromatic carbocycles. The Bertz CT molecular complexity index is 1130. The van der Waals surface area contributed by atoms with Crippen molar-refractivity contribution in [3.05, 3.63) is 38.9 Å². The summed E-state index contributed by atoms with van der Waals surface area (Å²) < 4.78 is 10.3. The van der Waals surface area contributed by atoms with E-state index in [1.165, 1.54) is 44.1 Å². The smallest absolute Gasteiger partial charge is 0.359 e. The van der Waals surface area contributed by atoms with Crippen LogP contribution in [0.4, 0.5) is 0 Å². The minimum atomic E-state index is -0.446. The zero-order chi connectivity index (χ0) is 28.1. The van der Waals surface area contributed by atoms with Crippen LogP contribution in [0.3, 0.4) is 0 Å². The van der Waals surface area contributed by atoms with E-state index in [1.54, 1.807) is 0 Å². The van der Waals surface area contributed by atoms with E-state index in [0.717, 1.165) is 54.5 Å². The van der Waals surface area contributed by atoms with E-state index < -0.39 is 5.97 Å². The number of fused-ring (bicyclic) bond motifs is 5. The summed E-state index contributed by atoms with van der Waals surface area (Å²) in [7, 11) is 0. The molecule has 0 radical (unpaired) electrons. The summed E-state index contributed by atoms with van der Waals surface area (Å²) >= 11 is 13.2. The number of halogens is 2. The van der Waals surface area contributed by atoms with Gasteiger partial charge in [-0.25, -0.2) is 4.79 Å². The highest BCUT2D eigenvalue weighted by atomic mass is 35.5. The predicted molar refractivity (Wildman–Crippen MR) is 163 cm³/mol. The molecule has 4 aliphatic carbocycles. The highest BCUT2D eigenvalue weighted by Gasteiger charge is 2.59. The lowest BCUT2D eigenvalue weighted by Gasteiger charge is -2.58. The SMILES string of the molecule is CCC(C=CC(C)C1CCC2C3CC=C4CC(OC(=O)c5nsc(Cl)c5Cl)CCC4(C)C3CCC12C)C(C)C. The van der Waals surface area contributed by atoms with Gasteiger partial charge in [0.2, 0.25) is 0 Å². The van der Waals surface area contributed by atoms with Crippen LogP contribution in [0, 0.1) is 52.3 Å². The minimum Gasteiger partial charge on any atom is -0.457 e. The lowest BCUT2D eigenvalue weighted by Crippen LogP contribution is -2.51. The standard InChI is InChI=1S/C33H47Cl2NO2S/c1-7-21(19(2)3)9-8-20(4)25-12-13-26-24-11-10-22-18-23(38-31(37)29-28(34)30(35)39-36-29)14-16-32(22,5)27(24)15-17-33(25,26)6/h8-10,19-21,23-27H,7,11-18H2,1-6H3. The van der Waals surface area contributed by atoms with Crippen LogP contribution >= 0.6 is 34.7 Å². The second-order valence-corrected chi connectivity index (χ2v) is 15.7. The van der Waals surface area contributed by atoms with Crippen molar-refractivity contribution in [2.75, 3.05) is 0 Å². The summed E-state index contributed by atoms with van der Waals surface area (Å²) in [6, 6.07) is 0. The molecule has 0 saturated heterocycles. The van der Waals surface area contributed by atoms with Crippen molar-refractivity contribution in [2.45, 2.75) is 105 Å². The number of ether oxygens (including phenoxy) is 1. The van der Waals surface area contributed by atoms with Gasteiger partial charge >= 0.3 is 5.97 Å². The lowest BCUT2D eigenvalue weighted by atomic mass is 9.47. The third-order valence-corrected chi connectivity index (χ3v) is 13.4. The van der Waals surface area contributed by atoms with Crippen LogP contribution in [0.2, 0.25) is 9.36 Å². The van der Waals surface area contributed by atoms with Gasteiger partial charge in [-0.2, -0.15) is 4.37 Å². The van der Waals surface area contributed by atoms with Gasteiger partial charge in [0.05, 0.1) is 0 Å². The number of nitrogens with zero attached hydrogens (tertiary/aromatic N) is 1. The number of aromatic nitrogens is 1. The molecule has 9 unspecified atom stereocenters. The quantitative estimate of drug-likeness (QED) is 0.234. The molecule has 3 nitrogen and oxygen atoms in total. The first-order valence-corrected chi connectivity index (χ1v) is 16.9. The molecule has 1 heterocycles. The van der Waals surface area contributed by atoms with E-state index in [0.29, 0.717) is 27.5 Å². The Balaban J connectivity index is 1.27. The van der Waals surface area contributed by atoms with E-state index in [-0.39, 0.29) is 22.2 Å². The summed E-state index contributed by atoms with van der Waals surface area (Å²) in [4.78, 5) is 12.7. The molecule has 5 rings (SSSR count). The fraction of sp³-hybridized carbons (Fsp3) is 0.758. The molecule has 9 atom stereocenters. The molecule has 0 spiro atoms. The third kappa shape index (κ3) is 5.29. The van der Waals surface area contributed by atoms with E-state index in [1.807, 2.05) is 0 Å². The first-order valence-electron chi connectivity index (χ1n) is 15.4. The largest absolute Gasteiger partial charge is 0.457 e. The number of esters is 1. The van der Waals surface area contributed by atoms with E-state index in [2.05, 4.69) is 64.1 Å². The van der Waals surface area contributed by atoms with E-state index in [9.17, 15) is 4.79 Å². The van der Waals surface area contributed by atoms with Crippen LogP contribution in [0.25, 0.3) is 0 Å². The van der Waals surface area contributed by atoms with Gasteiger partial charge in [-0.1, -0.05) is 88.5 Å². The van der Waals surface area contributed by atoms with Crippen LogP contribution in [0.15, 0.2) is 23.8 Å². The Hall–Kier alpha value is -0.840. The highest BCUT2D eigenvalue weighted by Crippen LogP contribution is 2.67. The summed E-state index contributed by atoms with van der Waals surface area (Å²) in [6.45, 7) is 14.7. The van der Waals surface area contributed by atoms with Crippen molar-refractivity contribution < 1.29 is 9.53 Å². The summed E-state index contributed by atoms with van der Waals surface area (Å²) in [5, 5.41) is 0.210. The van der Waals surface area contributed by atoms with Crippen LogP contribution in [0.5, 0.6) is 0 Å². The van der Waals surface area contributed by atoms with Crippen molar-refractivity contribution in [1.29, 1.82) is 0 Å². The number of hydrogen-bond donors (Lipinski definition) is 0. The van der Waals surface area contributed by atoms with Crippen LogP contribution in [-0.4, -0.2) is 16.4 Å². The zero-order valence-electron chi connectivity index (χ0n) is 24.6. The van der Waals surface area contributed by atoms with Gasteiger partial charge in [-0.15, -0.1) is 0 Å². The molecule has 6 heteroatoms. The summed E-state index contributed by atoms with van der Waals surface area (Å²) in [6.07, 6.45) is 18.2. The lowest BCUT2D eigenvalue weighted by molar-refractivity contribution is -0.0565. The molecule has 216 valence electrons. The van der Waals surface area contributed by atoms with Gasteiger partial charge in [0.25, 0.3) is 0 Å². The highest BCUT2D eigenvalue weighted by molar-refractivity contribution is 7.11. The van der Waals surface area contributed by atoms with Crippen LogP contribution in [-0.2, 0) is 4.74 Å². The normalized spacial score (nSPS) is 37.7. The molecular formula is C33H47Cl2NO2S. The first-order chi connectivity index (χ1) is 18.5. The van der Waals surface area contributed by atoms with Crippen molar-refractivity contribution in [3.8, 4) is 0 Å². The van der Waals surface area contributed by atoms with Crippen molar-refractivity contribution in [3.63, 3.8) is 0 Å². The zero-order valence-corrected chi connectivity index (χ0v) is 27.0. The molecule has 3 fully saturated rings. The Kier molecular flexibility index (Phi) is 8.70. The molecule has 0 aliphatic heterocycles. The second kappa shape index (κ2) is 11.4. The number of carbonyl (C=O) groups excluding carboxylic acids is 1. The average Bonchev–Trinajstić information content (AvgIpc) is 3.42. The van der Waals surface area contributed by atoms with Gasteiger partial charge in [-0.05, 0) is 115 Å². The Morgan fingerprint density at radius 3 is 2.56 bits per heavy atom. The van der Waals surface area contributed by atoms with E-state index >= 15 is 0 Å². The second-order valence-electron chi connectivity index (χ2n) is 13.9. The van der Waals surface area contributed by atoms with Crippen LogP contribution < -0.4 is 0 Å². The molecule has 1 aromatic heterocycles. The maximum atomic E-state index is 12.7. The summed E-state index contributed by atoms with van der Waals surface area (Å²) in [5.41, 5.74) is 2.35. The Morgan fingerprint density at radius 1 is 1.13 bits per heavy atom. The third-order valence-electron chi connectivity index (χ3n) is 11.8. The fourth-order valence-electron chi connectivity index (χ4n) is 9.51. The molecule has 1 aromatic rings. The molecule has 3 saturated carbocycles. The monoisotopic (exact) mass is 591 g/mol. The number of carbonyl (C=O) groups is 1. The minimum absolute atomic E-state index is 0.111. The predicted octanol–water partition coefficient (Wildman–Crippen LogP) is 10.4. The van der Waals surface area contributed by atoms with Crippen molar-refractivity contribution in [2.24, 2.45) is 52.3 Å². The number of hydrogen-bond acceptors (Lipinski definition) is 4. The average molecular weight is 593 g/mol. The van der Waals surface area contributed by atoms with Gasteiger partial charge in [0, 0.05) is 6.42 Å². The molecule has 4 aliphatic rings. The Labute approximate surface area is 250 Å². The molecule has 0 amide bonds. The Morgan fingerprint density at radius 2 is 1.90 bits per heavy atom. The number of rotatable bonds is 7. The van der Waals surface area contributed by atoms with Crippen molar-refractivity contribution in [1.82, 2.24) is 4.37 Å². The van der Waals surface area contributed by atoms with E-state index in [4.69, 9.17) is 27.9 Å². The maximum Gasteiger partial charge on any atom is 0.359 e. The maximum absolute atomic E-state index is 12.7. The topological polar surface area (TPSA) is 39.2 Å². The molecular weight excluding hydrogens is 545 g/mol. The van der Waals surface area contributed by atoms with Crippen molar-refractivity contribution >= 4 is 40.7 Å². The first kappa shape index (κ1) is 29.6. The van der Waals surface area contributed by atoms with Crippen LogP contribution in [0.1, 0.15) is 110 Å². The molecule has 39 heavy (non-hydrogen) atoms. The van der Waals surface area contributed by atoms with Gasteiger partial charge in [0.1, 0.15) is 15.5 Å². The molecule has 0 N–H and O–H groups in total. The fourth-order valence-corrected chi connectivity index (χ4v) is 10.5. The van der Waals surface area contributed by atoms with Gasteiger partial charge in [-0.3, -0.25) is 0 Å². The van der Waals surface area contributed by atoms with Gasteiger partial charge < -0.3 is 4.74 Å². The number of allylic oxidation sites excluding steroid dienone is 3.